The highest BCUT2D eigenvalue weighted by molar-refractivity contribution is 6.01. The lowest BCUT2D eigenvalue weighted by molar-refractivity contribution is 0.394. The first-order valence-electron chi connectivity index (χ1n) is 7.09. The lowest BCUT2D eigenvalue weighted by atomic mass is 10.1. The fourth-order valence-corrected chi connectivity index (χ4v) is 2.21. The van der Waals surface area contributed by atoms with Crippen molar-refractivity contribution in [3.63, 3.8) is 0 Å². The van der Waals surface area contributed by atoms with Crippen molar-refractivity contribution < 1.29 is 13.9 Å². The zero-order valence-corrected chi connectivity index (χ0v) is 13.2. The number of hydrazone groups is 1. The minimum Gasteiger partial charge on any atom is -0.497 e. The summed E-state index contributed by atoms with van der Waals surface area (Å²) in [6, 6.07) is 13.5. The molecule has 3 rings (SSSR count). The summed E-state index contributed by atoms with van der Waals surface area (Å²) in [6.45, 7) is 1.87. The average molecular weight is 311 g/mol. The third kappa shape index (κ3) is 3.11. The van der Waals surface area contributed by atoms with Crippen molar-refractivity contribution in [3.8, 4) is 11.5 Å². The quantitative estimate of drug-likeness (QED) is 0.575. The number of anilines is 1. The number of ether oxygens (including phenoxy) is 2. The molecule has 6 heteroatoms. The Labute approximate surface area is 133 Å². The van der Waals surface area contributed by atoms with Crippen LogP contribution in [-0.2, 0) is 0 Å². The predicted octanol–water partition coefficient (Wildman–Crippen LogP) is 3.68. The van der Waals surface area contributed by atoms with Gasteiger partial charge in [-0.1, -0.05) is 12.1 Å². The highest BCUT2D eigenvalue weighted by Gasteiger charge is 2.09. The van der Waals surface area contributed by atoms with Crippen LogP contribution in [0.2, 0.25) is 0 Å². The molecule has 0 bridgehead atoms. The first kappa shape index (κ1) is 14.9. The number of nitrogens with one attached hydrogen (secondary N) is 1. The summed E-state index contributed by atoms with van der Waals surface area (Å²) < 4.78 is 16.1. The van der Waals surface area contributed by atoms with Crippen LogP contribution in [0.3, 0.4) is 0 Å². The van der Waals surface area contributed by atoms with Crippen molar-refractivity contribution in [2.45, 2.75) is 6.92 Å². The molecule has 0 radical (unpaired) electrons. The number of rotatable bonds is 5. The number of hydrogen-bond acceptors (Lipinski definition) is 6. The number of hydrogen-bond donors (Lipinski definition) is 1. The van der Waals surface area contributed by atoms with Crippen LogP contribution in [0, 0.1) is 0 Å². The van der Waals surface area contributed by atoms with Gasteiger partial charge in [-0.2, -0.15) is 10.1 Å². The van der Waals surface area contributed by atoms with E-state index in [4.69, 9.17) is 13.9 Å². The van der Waals surface area contributed by atoms with Crippen LogP contribution in [0.5, 0.6) is 11.5 Å². The molecule has 0 spiro atoms. The molecule has 0 amide bonds. The minimum atomic E-state index is 0.345. The van der Waals surface area contributed by atoms with Gasteiger partial charge in [-0.05, 0) is 31.2 Å². The molecule has 1 N–H and O–H groups in total. The van der Waals surface area contributed by atoms with E-state index in [1.54, 1.807) is 14.2 Å². The molecule has 23 heavy (non-hydrogen) atoms. The predicted molar refractivity (Wildman–Crippen MR) is 89.4 cm³/mol. The SMILES string of the molecule is COc1ccc(C(C)=NNc2nc3ccccc3o2)c(OC)c1. The summed E-state index contributed by atoms with van der Waals surface area (Å²) in [4.78, 5) is 4.31. The number of fused-ring (bicyclic) bond motifs is 1. The number of benzene rings is 2. The van der Waals surface area contributed by atoms with Gasteiger partial charge in [0, 0.05) is 11.6 Å². The van der Waals surface area contributed by atoms with Gasteiger partial charge >= 0.3 is 6.01 Å². The van der Waals surface area contributed by atoms with Crippen molar-refractivity contribution in [2.24, 2.45) is 5.10 Å². The summed E-state index contributed by atoms with van der Waals surface area (Å²) in [5, 5.41) is 4.31. The van der Waals surface area contributed by atoms with Gasteiger partial charge in [-0.15, -0.1) is 0 Å². The zero-order chi connectivity index (χ0) is 16.2. The first-order valence-corrected chi connectivity index (χ1v) is 7.09. The van der Waals surface area contributed by atoms with Crippen LogP contribution < -0.4 is 14.9 Å². The van der Waals surface area contributed by atoms with Gasteiger partial charge in [0.2, 0.25) is 0 Å². The molecule has 3 aromatic rings. The second-order valence-electron chi connectivity index (χ2n) is 4.86. The molecule has 1 aromatic heterocycles. The fraction of sp³-hybridized carbons (Fsp3) is 0.176. The van der Waals surface area contributed by atoms with E-state index in [0.29, 0.717) is 17.3 Å². The lowest BCUT2D eigenvalue weighted by Gasteiger charge is -2.09. The molecule has 0 saturated carbocycles. The Hall–Kier alpha value is -3.02. The monoisotopic (exact) mass is 311 g/mol. The molecule has 6 nitrogen and oxygen atoms in total. The summed E-state index contributed by atoms with van der Waals surface area (Å²) in [5.41, 5.74) is 5.93. The zero-order valence-electron chi connectivity index (χ0n) is 13.2. The van der Waals surface area contributed by atoms with Crippen LogP contribution in [-0.4, -0.2) is 24.9 Å². The highest BCUT2D eigenvalue weighted by atomic mass is 16.5. The Morgan fingerprint density at radius 1 is 1.13 bits per heavy atom. The third-order valence-electron chi connectivity index (χ3n) is 3.41. The smallest absolute Gasteiger partial charge is 0.316 e. The number of nitrogens with zero attached hydrogens (tertiary/aromatic N) is 2. The summed E-state index contributed by atoms with van der Waals surface area (Å²) >= 11 is 0. The largest absolute Gasteiger partial charge is 0.497 e. The molecule has 0 aliphatic heterocycles. The van der Waals surface area contributed by atoms with E-state index >= 15 is 0 Å². The molecule has 118 valence electrons. The van der Waals surface area contributed by atoms with E-state index in [-0.39, 0.29) is 0 Å². The Bertz CT molecular complexity index is 822. The second-order valence-corrected chi connectivity index (χ2v) is 4.86. The van der Waals surface area contributed by atoms with Crippen LogP contribution >= 0.6 is 0 Å². The summed E-state index contributed by atoms with van der Waals surface area (Å²) in [5.74, 6) is 1.41. The van der Waals surface area contributed by atoms with E-state index < -0.39 is 0 Å². The first-order chi connectivity index (χ1) is 11.2. The topological polar surface area (TPSA) is 68.9 Å². The molecular formula is C17H17N3O3. The molecule has 0 aliphatic rings. The Kier molecular flexibility index (Phi) is 4.14. The lowest BCUT2D eigenvalue weighted by Crippen LogP contribution is -2.03. The van der Waals surface area contributed by atoms with Crippen LogP contribution in [0.25, 0.3) is 11.1 Å². The molecule has 0 aliphatic carbocycles. The molecule has 0 atom stereocenters. The van der Waals surface area contributed by atoms with Crippen molar-refractivity contribution in [3.05, 3.63) is 48.0 Å². The van der Waals surface area contributed by atoms with Gasteiger partial charge in [-0.25, -0.2) is 5.43 Å². The summed E-state index contributed by atoms with van der Waals surface area (Å²) in [6.07, 6.45) is 0. The van der Waals surface area contributed by atoms with Gasteiger partial charge in [0.25, 0.3) is 0 Å². The second kappa shape index (κ2) is 6.39. The molecule has 0 saturated heterocycles. The van der Waals surface area contributed by atoms with E-state index in [1.165, 1.54) is 0 Å². The number of aromatic nitrogens is 1. The number of oxazole rings is 1. The van der Waals surface area contributed by atoms with Gasteiger partial charge in [0.1, 0.15) is 17.0 Å². The van der Waals surface area contributed by atoms with Crippen molar-refractivity contribution in [1.82, 2.24) is 4.98 Å². The third-order valence-corrected chi connectivity index (χ3v) is 3.41. The molecule has 0 fully saturated rings. The average Bonchev–Trinajstić information content (AvgIpc) is 3.02. The Morgan fingerprint density at radius 2 is 1.96 bits per heavy atom. The van der Waals surface area contributed by atoms with Crippen molar-refractivity contribution in [1.29, 1.82) is 0 Å². The number of para-hydroxylation sites is 2. The maximum absolute atomic E-state index is 5.57. The van der Waals surface area contributed by atoms with E-state index in [1.807, 2.05) is 49.4 Å². The van der Waals surface area contributed by atoms with E-state index in [0.717, 1.165) is 22.5 Å². The minimum absolute atomic E-state index is 0.345. The van der Waals surface area contributed by atoms with Gasteiger partial charge in [0.05, 0.1) is 19.9 Å². The Balaban J connectivity index is 1.84. The van der Waals surface area contributed by atoms with Gasteiger partial charge < -0.3 is 13.9 Å². The van der Waals surface area contributed by atoms with E-state index in [9.17, 15) is 0 Å². The molecule has 0 unspecified atom stereocenters. The normalized spacial score (nSPS) is 11.5. The summed E-state index contributed by atoms with van der Waals surface area (Å²) in [7, 11) is 3.23. The van der Waals surface area contributed by atoms with Gasteiger partial charge in [0.15, 0.2) is 5.58 Å². The van der Waals surface area contributed by atoms with Crippen molar-refractivity contribution >= 4 is 22.8 Å². The fourth-order valence-electron chi connectivity index (χ4n) is 2.21. The van der Waals surface area contributed by atoms with Crippen LogP contribution in [0.1, 0.15) is 12.5 Å². The van der Waals surface area contributed by atoms with E-state index in [2.05, 4.69) is 15.5 Å². The van der Waals surface area contributed by atoms with Crippen LogP contribution in [0.4, 0.5) is 6.01 Å². The molecular weight excluding hydrogens is 294 g/mol. The van der Waals surface area contributed by atoms with Crippen molar-refractivity contribution in [2.75, 3.05) is 19.6 Å². The Morgan fingerprint density at radius 3 is 2.70 bits per heavy atom. The molecule has 1 heterocycles. The maximum Gasteiger partial charge on any atom is 0.316 e. The maximum atomic E-state index is 5.57. The van der Waals surface area contributed by atoms with Crippen LogP contribution in [0.15, 0.2) is 52.0 Å². The molecule has 2 aromatic carbocycles. The van der Waals surface area contributed by atoms with Gasteiger partial charge in [-0.3, -0.25) is 0 Å². The standard InChI is InChI=1S/C17H17N3O3/c1-11(13-9-8-12(21-2)10-16(13)22-3)19-20-17-18-14-6-4-5-7-15(14)23-17/h4-10H,1-3H3,(H,18,20). The highest BCUT2D eigenvalue weighted by Crippen LogP contribution is 2.25. The number of methoxy groups -OCH3 is 2.